The lowest BCUT2D eigenvalue weighted by atomic mass is 10.1. The topological polar surface area (TPSA) is 12.0 Å². The molecule has 2 heteroatoms. The van der Waals surface area contributed by atoms with Crippen molar-refractivity contribution in [3.05, 3.63) is 59.2 Å². The molecule has 0 radical (unpaired) electrons. The minimum Gasteiger partial charge on any atom is -0.308 e. The zero-order valence-corrected chi connectivity index (χ0v) is 14.5. The van der Waals surface area contributed by atoms with Crippen LogP contribution < -0.4 is 5.32 Å². The Labute approximate surface area is 133 Å². The summed E-state index contributed by atoms with van der Waals surface area (Å²) in [6, 6.07) is 15.3. The Bertz CT molecular complexity index is 611. The van der Waals surface area contributed by atoms with Gasteiger partial charge in [0, 0.05) is 21.9 Å². The maximum atomic E-state index is 3.55. The SMILES string of the molecule is Cc1cc(Sc2ccccc2C)ccc1CNC(C)(C)C. The minimum atomic E-state index is 0.154. The lowest BCUT2D eigenvalue weighted by molar-refractivity contribution is 0.424. The summed E-state index contributed by atoms with van der Waals surface area (Å²) in [7, 11) is 0. The molecule has 0 saturated heterocycles. The van der Waals surface area contributed by atoms with Crippen LogP contribution in [0, 0.1) is 13.8 Å². The van der Waals surface area contributed by atoms with Crippen LogP contribution in [0.3, 0.4) is 0 Å². The van der Waals surface area contributed by atoms with Gasteiger partial charge in [0.05, 0.1) is 0 Å². The predicted molar refractivity (Wildman–Crippen MR) is 93.1 cm³/mol. The first-order valence-corrected chi connectivity index (χ1v) is 8.25. The maximum Gasteiger partial charge on any atom is 0.0212 e. The largest absolute Gasteiger partial charge is 0.308 e. The fraction of sp³-hybridized carbons (Fsp3) is 0.368. The van der Waals surface area contributed by atoms with Gasteiger partial charge in [0.15, 0.2) is 0 Å². The molecule has 1 N–H and O–H groups in total. The Morgan fingerprint density at radius 1 is 0.952 bits per heavy atom. The van der Waals surface area contributed by atoms with Crippen molar-refractivity contribution in [3.63, 3.8) is 0 Å². The summed E-state index contributed by atoms with van der Waals surface area (Å²) < 4.78 is 0. The molecule has 0 aliphatic heterocycles. The maximum absolute atomic E-state index is 3.55. The van der Waals surface area contributed by atoms with Crippen LogP contribution in [0.1, 0.15) is 37.5 Å². The van der Waals surface area contributed by atoms with Crippen molar-refractivity contribution in [2.45, 2.75) is 56.5 Å². The minimum absolute atomic E-state index is 0.154. The number of hydrogen-bond acceptors (Lipinski definition) is 2. The molecular weight excluding hydrogens is 274 g/mol. The number of nitrogens with one attached hydrogen (secondary N) is 1. The van der Waals surface area contributed by atoms with E-state index in [0.717, 1.165) is 6.54 Å². The second-order valence-electron chi connectivity index (χ2n) is 6.56. The van der Waals surface area contributed by atoms with E-state index in [0.29, 0.717) is 0 Å². The van der Waals surface area contributed by atoms with Crippen molar-refractivity contribution in [2.24, 2.45) is 0 Å². The van der Waals surface area contributed by atoms with Gasteiger partial charge >= 0.3 is 0 Å². The monoisotopic (exact) mass is 299 g/mol. The van der Waals surface area contributed by atoms with E-state index in [2.05, 4.69) is 82.4 Å². The predicted octanol–water partition coefficient (Wildman–Crippen LogP) is 5.34. The van der Waals surface area contributed by atoms with Crippen LogP contribution in [-0.4, -0.2) is 5.54 Å². The Morgan fingerprint density at radius 2 is 1.67 bits per heavy atom. The molecule has 0 unspecified atom stereocenters. The molecule has 0 saturated carbocycles. The molecule has 0 aromatic heterocycles. The van der Waals surface area contributed by atoms with E-state index >= 15 is 0 Å². The Morgan fingerprint density at radius 3 is 2.29 bits per heavy atom. The third-order valence-corrected chi connectivity index (χ3v) is 4.61. The summed E-state index contributed by atoms with van der Waals surface area (Å²) in [5.41, 5.74) is 4.21. The molecule has 21 heavy (non-hydrogen) atoms. The van der Waals surface area contributed by atoms with Crippen molar-refractivity contribution in [2.75, 3.05) is 0 Å². The van der Waals surface area contributed by atoms with E-state index in [1.54, 1.807) is 0 Å². The van der Waals surface area contributed by atoms with Crippen molar-refractivity contribution < 1.29 is 0 Å². The van der Waals surface area contributed by atoms with E-state index in [1.807, 2.05) is 11.8 Å². The number of benzene rings is 2. The Kier molecular flexibility index (Phi) is 5.13. The van der Waals surface area contributed by atoms with Gasteiger partial charge in [0.2, 0.25) is 0 Å². The van der Waals surface area contributed by atoms with Gasteiger partial charge in [-0.25, -0.2) is 0 Å². The third kappa shape index (κ3) is 4.90. The summed E-state index contributed by atoms with van der Waals surface area (Å²) in [5, 5.41) is 3.55. The standard InChI is InChI=1S/C19H25NS/c1-14-8-6-7-9-18(14)21-17-11-10-16(15(2)12-17)13-20-19(3,4)5/h6-12,20H,13H2,1-5H3. The molecule has 2 aromatic rings. The van der Waals surface area contributed by atoms with Crippen molar-refractivity contribution in [3.8, 4) is 0 Å². The number of rotatable bonds is 4. The quantitative estimate of drug-likeness (QED) is 0.817. The second kappa shape index (κ2) is 6.67. The average molecular weight is 299 g/mol. The smallest absolute Gasteiger partial charge is 0.0212 e. The highest BCUT2D eigenvalue weighted by atomic mass is 32.2. The molecule has 1 nitrogen and oxygen atoms in total. The fourth-order valence-electron chi connectivity index (χ4n) is 2.09. The van der Waals surface area contributed by atoms with Gasteiger partial charge in [0.1, 0.15) is 0 Å². The number of hydrogen-bond donors (Lipinski definition) is 1. The van der Waals surface area contributed by atoms with E-state index in [1.165, 1.54) is 26.5 Å². The van der Waals surface area contributed by atoms with Gasteiger partial charge in [-0.3, -0.25) is 0 Å². The number of aryl methyl sites for hydroxylation is 2. The highest BCUT2D eigenvalue weighted by Gasteiger charge is 2.10. The average Bonchev–Trinajstić information content (AvgIpc) is 2.39. The Hall–Kier alpha value is -1.25. The van der Waals surface area contributed by atoms with Crippen LogP contribution >= 0.6 is 11.8 Å². The lowest BCUT2D eigenvalue weighted by Crippen LogP contribution is -2.35. The van der Waals surface area contributed by atoms with Gasteiger partial charge < -0.3 is 5.32 Å². The van der Waals surface area contributed by atoms with Gasteiger partial charge in [0.25, 0.3) is 0 Å². The zero-order valence-electron chi connectivity index (χ0n) is 13.7. The summed E-state index contributed by atoms with van der Waals surface area (Å²) in [4.78, 5) is 2.64. The van der Waals surface area contributed by atoms with Crippen molar-refractivity contribution >= 4 is 11.8 Å². The highest BCUT2D eigenvalue weighted by molar-refractivity contribution is 7.99. The van der Waals surface area contributed by atoms with E-state index in [-0.39, 0.29) is 5.54 Å². The molecule has 0 heterocycles. The van der Waals surface area contributed by atoms with Gasteiger partial charge in [-0.2, -0.15) is 0 Å². The summed E-state index contributed by atoms with van der Waals surface area (Å²) in [6.07, 6.45) is 0. The molecule has 0 bridgehead atoms. The first-order valence-electron chi connectivity index (χ1n) is 7.43. The Balaban J connectivity index is 2.10. The van der Waals surface area contributed by atoms with E-state index < -0.39 is 0 Å². The summed E-state index contributed by atoms with van der Waals surface area (Å²) >= 11 is 1.84. The van der Waals surface area contributed by atoms with Crippen LogP contribution in [0.15, 0.2) is 52.3 Å². The van der Waals surface area contributed by atoms with Crippen LogP contribution in [-0.2, 0) is 6.54 Å². The summed E-state index contributed by atoms with van der Waals surface area (Å²) in [6.45, 7) is 11.9. The molecule has 0 aliphatic carbocycles. The normalized spacial score (nSPS) is 11.7. The van der Waals surface area contributed by atoms with Crippen LogP contribution in [0.2, 0.25) is 0 Å². The zero-order chi connectivity index (χ0) is 15.5. The molecular formula is C19H25NS. The van der Waals surface area contributed by atoms with Gasteiger partial charge in [-0.15, -0.1) is 0 Å². The van der Waals surface area contributed by atoms with Crippen molar-refractivity contribution in [1.82, 2.24) is 5.32 Å². The molecule has 2 aromatic carbocycles. The van der Waals surface area contributed by atoms with Gasteiger partial charge in [-0.1, -0.05) is 36.0 Å². The van der Waals surface area contributed by atoms with Crippen molar-refractivity contribution in [1.29, 1.82) is 0 Å². The molecule has 0 aliphatic rings. The molecule has 0 spiro atoms. The summed E-state index contributed by atoms with van der Waals surface area (Å²) in [5.74, 6) is 0. The van der Waals surface area contributed by atoms with E-state index in [4.69, 9.17) is 0 Å². The third-order valence-electron chi connectivity index (χ3n) is 3.44. The highest BCUT2D eigenvalue weighted by Crippen LogP contribution is 2.31. The second-order valence-corrected chi connectivity index (χ2v) is 7.67. The molecule has 0 amide bonds. The van der Waals surface area contributed by atoms with Gasteiger partial charge in [-0.05, 0) is 69.5 Å². The van der Waals surface area contributed by atoms with Crippen LogP contribution in [0.4, 0.5) is 0 Å². The molecule has 2 rings (SSSR count). The molecule has 112 valence electrons. The van der Waals surface area contributed by atoms with E-state index in [9.17, 15) is 0 Å². The fourth-order valence-corrected chi connectivity index (χ4v) is 3.09. The van der Waals surface area contributed by atoms with Crippen LogP contribution in [0.25, 0.3) is 0 Å². The first kappa shape index (κ1) is 16.1. The molecule has 0 fully saturated rings. The first-order chi connectivity index (χ1) is 9.85. The van der Waals surface area contributed by atoms with Crippen LogP contribution in [0.5, 0.6) is 0 Å². The molecule has 0 atom stereocenters. The lowest BCUT2D eigenvalue weighted by Gasteiger charge is -2.21.